The van der Waals surface area contributed by atoms with Gasteiger partial charge in [0.15, 0.2) is 10.7 Å². The number of hydrogen-bond acceptors (Lipinski definition) is 4. The minimum atomic E-state index is -2.61. The summed E-state index contributed by atoms with van der Waals surface area (Å²) in [5, 5.41) is 8.85. The molecule has 5 nitrogen and oxygen atoms in total. The van der Waals surface area contributed by atoms with E-state index in [4.69, 9.17) is 9.84 Å². The lowest BCUT2D eigenvalue weighted by Crippen LogP contribution is -1.96. The summed E-state index contributed by atoms with van der Waals surface area (Å²) in [4.78, 5) is 11.0. The van der Waals surface area contributed by atoms with Crippen molar-refractivity contribution in [1.82, 2.24) is 0 Å². The molecule has 0 spiro atoms. The molecule has 0 unspecified atom stereocenters. The standard InChI is InChI=1S/C13H10O5S/c14-13(15)9-2-1-3-11(8-9)18-10-4-6-12(7-5-10)19(16)17/h1-8,19H,(H,14,15). The summed E-state index contributed by atoms with van der Waals surface area (Å²) in [6, 6.07) is 11.9. The quantitative estimate of drug-likeness (QED) is 0.837. The molecule has 0 fully saturated rings. The van der Waals surface area contributed by atoms with Gasteiger partial charge >= 0.3 is 5.97 Å². The Balaban J connectivity index is 2.21. The van der Waals surface area contributed by atoms with Crippen LogP contribution in [-0.4, -0.2) is 19.5 Å². The van der Waals surface area contributed by atoms with Crippen molar-refractivity contribution >= 4 is 16.7 Å². The Morgan fingerprint density at radius 2 is 1.68 bits per heavy atom. The molecule has 0 aromatic heterocycles. The molecule has 0 aliphatic carbocycles. The van der Waals surface area contributed by atoms with Crippen LogP contribution in [0.5, 0.6) is 11.5 Å². The Bertz CT molecular complexity index is 666. The molecular weight excluding hydrogens is 268 g/mol. The van der Waals surface area contributed by atoms with Crippen LogP contribution in [-0.2, 0) is 10.7 Å². The molecule has 0 radical (unpaired) electrons. The lowest BCUT2D eigenvalue weighted by atomic mass is 10.2. The average Bonchev–Trinajstić information content (AvgIpc) is 2.39. The summed E-state index contributed by atoms with van der Waals surface area (Å²) in [6.45, 7) is 0. The zero-order chi connectivity index (χ0) is 13.8. The van der Waals surface area contributed by atoms with Crippen LogP contribution in [0.4, 0.5) is 0 Å². The van der Waals surface area contributed by atoms with E-state index in [9.17, 15) is 13.2 Å². The first-order valence-corrected chi connectivity index (χ1v) is 6.49. The van der Waals surface area contributed by atoms with Gasteiger partial charge in [0.2, 0.25) is 0 Å². The molecule has 2 rings (SSSR count). The SMILES string of the molecule is O=C(O)c1cccc(Oc2ccc([SH](=O)=O)cc2)c1. The van der Waals surface area contributed by atoms with Crippen LogP contribution in [0.25, 0.3) is 0 Å². The number of thiol groups is 1. The highest BCUT2D eigenvalue weighted by Crippen LogP contribution is 2.22. The third kappa shape index (κ3) is 3.32. The first-order chi connectivity index (χ1) is 9.06. The minimum Gasteiger partial charge on any atom is -0.478 e. The number of carboxylic acid groups (broad SMARTS) is 1. The second-order valence-corrected chi connectivity index (χ2v) is 4.72. The van der Waals surface area contributed by atoms with Gasteiger partial charge in [0, 0.05) is 0 Å². The first kappa shape index (κ1) is 13.1. The molecule has 0 aliphatic rings. The van der Waals surface area contributed by atoms with Crippen molar-refractivity contribution in [3.63, 3.8) is 0 Å². The molecule has 2 aromatic rings. The largest absolute Gasteiger partial charge is 0.478 e. The molecule has 98 valence electrons. The van der Waals surface area contributed by atoms with Gasteiger partial charge in [-0.1, -0.05) is 6.07 Å². The van der Waals surface area contributed by atoms with E-state index in [2.05, 4.69) is 0 Å². The second kappa shape index (κ2) is 5.53. The Kier molecular flexibility index (Phi) is 3.82. The monoisotopic (exact) mass is 278 g/mol. The number of hydrogen-bond donors (Lipinski definition) is 2. The van der Waals surface area contributed by atoms with Gasteiger partial charge in [-0.25, -0.2) is 13.2 Å². The number of aromatic carboxylic acids is 1. The molecule has 0 amide bonds. The predicted molar refractivity (Wildman–Crippen MR) is 68.5 cm³/mol. The van der Waals surface area contributed by atoms with Gasteiger partial charge in [-0.3, -0.25) is 0 Å². The minimum absolute atomic E-state index is 0.122. The molecule has 1 N–H and O–H groups in total. The van der Waals surface area contributed by atoms with E-state index in [1.54, 1.807) is 12.1 Å². The van der Waals surface area contributed by atoms with Gasteiger partial charge in [0.25, 0.3) is 0 Å². The number of benzene rings is 2. The first-order valence-electron chi connectivity index (χ1n) is 5.32. The fourth-order valence-electron chi connectivity index (χ4n) is 1.46. The van der Waals surface area contributed by atoms with Crippen molar-refractivity contribution in [2.45, 2.75) is 4.90 Å². The van der Waals surface area contributed by atoms with Crippen molar-refractivity contribution in [2.75, 3.05) is 0 Å². The molecule has 0 atom stereocenters. The maximum Gasteiger partial charge on any atom is 0.335 e. The van der Waals surface area contributed by atoms with Crippen molar-refractivity contribution < 1.29 is 23.1 Å². The summed E-state index contributed by atoms with van der Waals surface area (Å²) in [5.41, 5.74) is 0.122. The van der Waals surface area contributed by atoms with E-state index < -0.39 is 16.7 Å². The fraction of sp³-hybridized carbons (Fsp3) is 0. The third-order valence-corrected chi connectivity index (χ3v) is 3.08. The van der Waals surface area contributed by atoms with Crippen LogP contribution >= 0.6 is 0 Å². The topological polar surface area (TPSA) is 80.7 Å². The van der Waals surface area contributed by atoms with Gasteiger partial charge in [-0.15, -0.1) is 0 Å². The highest BCUT2D eigenvalue weighted by atomic mass is 32.2. The van der Waals surface area contributed by atoms with Gasteiger partial charge in [-0.2, -0.15) is 0 Å². The smallest absolute Gasteiger partial charge is 0.335 e. The summed E-state index contributed by atoms with van der Waals surface area (Å²) < 4.78 is 26.9. The molecule has 0 heterocycles. The Labute approximate surface area is 111 Å². The molecule has 6 heteroatoms. The number of carboxylic acids is 1. The Hall–Kier alpha value is -2.34. The molecule has 0 bridgehead atoms. The molecule has 0 saturated carbocycles. The van der Waals surface area contributed by atoms with Gasteiger partial charge < -0.3 is 9.84 Å². The maximum atomic E-state index is 10.8. The van der Waals surface area contributed by atoms with Crippen LogP contribution in [0, 0.1) is 0 Å². The zero-order valence-electron chi connectivity index (χ0n) is 9.65. The summed E-state index contributed by atoms with van der Waals surface area (Å²) >= 11 is 0. The molecular formula is C13H10O5S. The van der Waals surface area contributed by atoms with Gasteiger partial charge in [0.1, 0.15) is 11.5 Å². The van der Waals surface area contributed by atoms with E-state index in [1.807, 2.05) is 0 Å². The number of ether oxygens (including phenoxy) is 1. The van der Waals surface area contributed by atoms with Crippen LogP contribution in [0.3, 0.4) is 0 Å². The van der Waals surface area contributed by atoms with Crippen LogP contribution in [0.2, 0.25) is 0 Å². The second-order valence-electron chi connectivity index (χ2n) is 3.69. The molecule has 0 saturated heterocycles. The zero-order valence-corrected chi connectivity index (χ0v) is 10.5. The number of rotatable bonds is 4. The van der Waals surface area contributed by atoms with Crippen molar-refractivity contribution in [1.29, 1.82) is 0 Å². The third-order valence-electron chi connectivity index (χ3n) is 2.36. The summed E-state index contributed by atoms with van der Waals surface area (Å²) in [5.74, 6) is -0.230. The molecule has 0 aliphatic heterocycles. The maximum absolute atomic E-state index is 10.8. The van der Waals surface area contributed by atoms with E-state index >= 15 is 0 Å². The van der Waals surface area contributed by atoms with E-state index in [0.717, 1.165) is 0 Å². The Morgan fingerprint density at radius 1 is 1.00 bits per heavy atom. The van der Waals surface area contributed by atoms with E-state index in [1.165, 1.54) is 36.4 Å². The van der Waals surface area contributed by atoms with Crippen molar-refractivity contribution in [3.05, 3.63) is 54.1 Å². The van der Waals surface area contributed by atoms with Crippen molar-refractivity contribution in [2.24, 2.45) is 0 Å². The van der Waals surface area contributed by atoms with Crippen LogP contribution in [0.1, 0.15) is 10.4 Å². The highest BCUT2D eigenvalue weighted by Gasteiger charge is 2.05. The van der Waals surface area contributed by atoms with E-state index in [-0.39, 0.29) is 10.5 Å². The lowest BCUT2D eigenvalue weighted by molar-refractivity contribution is 0.0696. The Morgan fingerprint density at radius 3 is 2.26 bits per heavy atom. The summed E-state index contributed by atoms with van der Waals surface area (Å²) in [7, 11) is -2.61. The molecule has 19 heavy (non-hydrogen) atoms. The molecule has 2 aromatic carbocycles. The predicted octanol–water partition coefficient (Wildman–Crippen LogP) is 2.15. The van der Waals surface area contributed by atoms with Crippen LogP contribution < -0.4 is 4.74 Å². The van der Waals surface area contributed by atoms with Gasteiger partial charge in [0.05, 0.1) is 10.5 Å². The lowest BCUT2D eigenvalue weighted by Gasteiger charge is -2.06. The summed E-state index contributed by atoms with van der Waals surface area (Å²) in [6.07, 6.45) is 0. The van der Waals surface area contributed by atoms with Gasteiger partial charge in [-0.05, 0) is 42.5 Å². The average molecular weight is 278 g/mol. The van der Waals surface area contributed by atoms with Crippen LogP contribution in [0.15, 0.2) is 53.4 Å². The normalized spacial score (nSPS) is 10.4. The van der Waals surface area contributed by atoms with E-state index in [0.29, 0.717) is 11.5 Å². The fourth-order valence-corrected chi connectivity index (χ4v) is 1.86. The highest BCUT2D eigenvalue weighted by molar-refractivity contribution is 7.72. The van der Waals surface area contributed by atoms with Crippen molar-refractivity contribution in [3.8, 4) is 11.5 Å². The number of carbonyl (C=O) groups is 1.